The maximum absolute atomic E-state index is 3.66. The van der Waals surface area contributed by atoms with E-state index in [9.17, 15) is 0 Å². The first-order chi connectivity index (χ1) is 6.84. The van der Waals surface area contributed by atoms with Gasteiger partial charge in [-0.15, -0.1) is 0 Å². The molecular weight excluding hydrogens is 237 g/mol. The van der Waals surface area contributed by atoms with Gasteiger partial charge in [0, 0.05) is 5.69 Å². The Morgan fingerprint density at radius 1 is 1.29 bits per heavy atom. The number of rotatable bonds is 1. The summed E-state index contributed by atoms with van der Waals surface area (Å²) in [5, 5.41) is 3.59. The molecule has 3 rings (SSSR count). The van der Waals surface area contributed by atoms with E-state index in [0.29, 0.717) is 6.85 Å². The molecule has 2 aliphatic rings. The van der Waals surface area contributed by atoms with Gasteiger partial charge in [0.15, 0.2) is 0 Å². The molecule has 0 unspecified atom stereocenters. The van der Waals surface area contributed by atoms with Gasteiger partial charge in [0.2, 0.25) is 0 Å². The van der Waals surface area contributed by atoms with Crippen LogP contribution in [-0.4, -0.2) is 6.85 Å². The molecule has 0 radical (unpaired) electrons. The van der Waals surface area contributed by atoms with E-state index in [1.807, 2.05) is 0 Å². The standard InChI is InChI=1S/C11H11BBrN/c13-11-7-8-3-1-2-4-10(8)14-12(11)9-5-6-9/h1-4,7,9,14H,5-6H2. The number of hydrogen-bond donors (Lipinski definition) is 1. The van der Waals surface area contributed by atoms with Crippen LogP contribution in [0.15, 0.2) is 28.6 Å². The number of anilines is 1. The van der Waals surface area contributed by atoms with E-state index in [1.165, 1.54) is 28.5 Å². The molecule has 0 aromatic heterocycles. The molecule has 1 aliphatic carbocycles. The van der Waals surface area contributed by atoms with Gasteiger partial charge in [-0.2, -0.15) is 0 Å². The fourth-order valence-corrected chi connectivity index (χ4v) is 2.74. The fourth-order valence-electron chi connectivity index (χ4n) is 2.00. The molecule has 1 fully saturated rings. The lowest BCUT2D eigenvalue weighted by atomic mass is 9.55. The predicted octanol–water partition coefficient (Wildman–Crippen LogP) is 3.54. The average molecular weight is 248 g/mol. The average Bonchev–Trinajstić information content (AvgIpc) is 3.00. The van der Waals surface area contributed by atoms with Crippen molar-refractivity contribution in [1.82, 2.24) is 0 Å². The van der Waals surface area contributed by atoms with Crippen molar-refractivity contribution in [3.8, 4) is 0 Å². The zero-order valence-corrected chi connectivity index (χ0v) is 9.42. The number of para-hydroxylation sites is 1. The number of hydrogen-bond acceptors (Lipinski definition) is 1. The van der Waals surface area contributed by atoms with E-state index in [0.717, 1.165) is 5.82 Å². The van der Waals surface area contributed by atoms with Crippen molar-refractivity contribution in [2.24, 2.45) is 0 Å². The molecule has 0 atom stereocenters. The quantitative estimate of drug-likeness (QED) is 0.749. The van der Waals surface area contributed by atoms with Crippen molar-refractivity contribution in [3.63, 3.8) is 0 Å². The lowest BCUT2D eigenvalue weighted by molar-refractivity contribution is 1.38. The zero-order valence-electron chi connectivity index (χ0n) is 7.83. The Morgan fingerprint density at radius 2 is 2.07 bits per heavy atom. The van der Waals surface area contributed by atoms with Crippen LogP contribution in [0, 0.1) is 0 Å². The normalized spacial score (nSPS) is 19.8. The highest BCUT2D eigenvalue weighted by Gasteiger charge is 2.38. The topological polar surface area (TPSA) is 12.0 Å². The largest absolute Gasteiger partial charge is 0.423 e. The summed E-state index contributed by atoms with van der Waals surface area (Å²) in [6, 6.07) is 8.46. The molecular formula is C11H11BBrN. The minimum Gasteiger partial charge on any atom is -0.423 e. The molecule has 1 aromatic rings. The minimum atomic E-state index is 0.518. The molecule has 14 heavy (non-hydrogen) atoms. The van der Waals surface area contributed by atoms with Crippen LogP contribution < -0.4 is 5.23 Å². The monoisotopic (exact) mass is 247 g/mol. The highest BCUT2D eigenvalue weighted by atomic mass is 79.9. The summed E-state index contributed by atoms with van der Waals surface area (Å²) in [5.41, 5.74) is 2.56. The van der Waals surface area contributed by atoms with Crippen LogP contribution in [0.25, 0.3) is 6.08 Å². The SMILES string of the molecule is BrC1=Cc2ccccc2NB1C1CC1. The van der Waals surface area contributed by atoms with Gasteiger partial charge in [0.1, 0.15) is 0 Å². The Bertz CT molecular complexity index is 398. The van der Waals surface area contributed by atoms with E-state index >= 15 is 0 Å². The third-order valence-corrected chi connectivity index (χ3v) is 3.68. The molecule has 1 aromatic carbocycles. The molecule has 0 spiro atoms. The summed E-state index contributed by atoms with van der Waals surface area (Å²) in [5.74, 6) is 0.842. The molecule has 1 heterocycles. The second kappa shape index (κ2) is 3.16. The zero-order chi connectivity index (χ0) is 9.54. The number of benzene rings is 1. The molecule has 1 nitrogen and oxygen atoms in total. The summed E-state index contributed by atoms with van der Waals surface area (Å²) >= 11 is 3.66. The summed E-state index contributed by atoms with van der Waals surface area (Å²) in [6.07, 6.45) is 4.97. The lowest BCUT2D eigenvalue weighted by Gasteiger charge is -2.22. The fraction of sp³-hybridized carbons (Fsp3) is 0.273. The smallest absolute Gasteiger partial charge is 0.296 e. The molecule has 0 saturated heterocycles. The van der Waals surface area contributed by atoms with E-state index in [1.54, 1.807) is 0 Å². The summed E-state index contributed by atoms with van der Waals surface area (Å²) in [4.78, 5) is 0. The van der Waals surface area contributed by atoms with Gasteiger partial charge < -0.3 is 5.23 Å². The first-order valence-electron chi connectivity index (χ1n) is 5.07. The van der Waals surface area contributed by atoms with Crippen LogP contribution in [0.4, 0.5) is 5.69 Å². The van der Waals surface area contributed by atoms with Gasteiger partial charge in [-0.25, -0.2) is 0 Å². The van der Waals surface area contributed by atoms with Crippen molar-refractivity contribution < 1.29 is 0 Å². The minimum absolute atomic E-state index is 0.518. The molecule has 1 aliphatic heterocycles. The Hall–Kier alpha value is -0.695. The summed E-state index contributed by atoms with van der Waals surface area (Å²) in [6.45, 7) is 0.518. The van der Waals surface area contributed by atoms with Gasteiger partial charge >= 0.3 is 0 Å². The third-order valence-electron chi connectivity index (χ3n) is 2.96. The summed E-state index contributed by atoms with van der Waals surface area (Å²) < 4.78 is 1.30. The Balaban J connectivity index is 1.99. The summed E-state index contributed by atoms with van der Waals surface area (Å²) in [7, 11) is 0. The van der Waals surface area contributed by atoms with Crippen LogP contribution >= 0.6 is 15.9 Å². The number of nitrogens with one attached hydrogen (secondary N) is 1. The van der Waals surface area contributed by atoms with Crippen molar-refractivity contribution in [2.45, 2.75) is 18.7 Å². The van der Waals surface area contributed by atoms with Crippen LogP contribution in [0.1, 0.15) is 18.4 Å². The van der Waals surface area contributed by atoms with Gasteiger partial charge in [-0.05, 0) is 27.9 Å². The highest BCUT2D eigenvalue weighted by molar-refractivity contribution is 9.12. The first kappa shape index (κ1) is 8.60. The Kier molecular flexibility index (Phi) is 1.94. The molecule has 0 amide bonds. The molecule has 1 saturated carbocycles. The van der Waals surface area contributed by atoms with Crippen molar-refractivity contribution in [2.75, 3.05) is 5.23 Å². The lowest BCUT2D eigenvalue weighted by Crippen LogP contribution is -2.28. The second-order valence-corrected chi connectivity index (χ2v) is 4.99. The van der Waals surface area contributed by atoms with Crippen LogP contribution in [0.3, 0.4) is 0 Å². The van der Waals surface area contributed by atoms with Gasteiger partial charge in [-0.3, -0.25) is 0 Å². The van der Waals surface area contributed by atoms with E-state index in [4.69, 9.17) is 0 Å². The van der Waals surface area contributed by atoms with Crippen LogP contribution in [-0.2, 0) is 0 Å². The van der Waals surface area contributed by atoms with Gasteiger partial charge in [0.05, 0.1) is 0 Å². The van der Waals surface area contributed by atoms with E-state index in [-0.39, 0.29) is 0 Å². The first-order valence-corrected chi connectivity index (χ1v) is 5.86. The Morgan fingerprint density at radius 3 is 2.86 bits per heavy atom. The van der Waals surface area contributed by atoms with E-state index < -0.39 is 0 Å². The molecule has 70 valence electrons. The van der Waals surface area contributed by atoms with Crippen molar-refractivity contribution in [1.29, 1.82) is 0 Å². The number of halogens is 1. The van der Waals surface area contributed by atoms with Gasteiger partial charge in [0.25, 0.3) is 6.85 Å². The number of fused-ring (bicyclic) bond motifs is 1. The molecule has 0 bridgehead atoms. The Labute approximate surface area is 92.8 Å². The van der Waals surface area contributed by atoms with Crippen molar-refractivity contribution >= 4 is 34.5 Å². The van der Waals surface area contributed by atoms with Crippen LogP contribution in [0.2, 0.25) is 5.82 Å². The third kappa shape index (κ3) is 1.40. The highest BCUT2D eigenvalue weighted by Crippen LogP contribution is 2.45. The second-order valence-electron chi connectivity index (χ2n) is 4.08. The van der Waals surface area contributed by atoms with Crippen molar-refractivity contribution in [3.05, 3.63) is 34.2 Å². The predicted molar refractivity (Wildman–Crippen MR) is 65.7 cm³/mol. The maximum atomic E-state index is 3.66. The molecule has 1 N–H and O–H groups in total. The van der Waals surface area contributed by atoms with Crippen LogP contribution in [0.5, 0.6) is 0 Å². The maximum Gasteiger partial charge on any atom is 0.296 e. The van der Waals surface area contributed by atoms with E-state index in [2.05, 4.69) is 51.5 Å². The van der Waals surface area contributed by atoms with Gasteiger partial charge in [-0.1, -0.05) is 47.0 Å². The molecule has 3 heteroatoms.